The summed E-state index contributed by atoms with van der Waals surface area (Å²) in [5, 5.41) is 3.42. The van der Waals surface area contributed by atoms with E-state index in [4.69, 9.17) is 4.99 Å². The molecule has 1 heterocycles. The fraction of sp³-hybridized carbons (Fsp3) is 0.824. The van der Waals surface area contributed by atoms with Crippen LogP contribution in [0.1, 0.15) is 39.5 Å². The van der Waals surface area contributed by atoms with E-state index in [1.165, 1.54) is 12.8 Å². The molecule has 5 nitrogen and oxygen atoms in total. The second kappa shape index (κ2) is 8.18. The Labute approximate surface area is 141 Å². The number of nitrogens with zero attached hydrogens (tertiary/aromatic N) is 2. The number of allylic oxidation sites excluding steroid dienone is 2. The van der Waals surface area contributed by atoms with E-state index < -0.39 is 9.84 Å². The van der Waals surface area contributed by atoms with Crippen LogP contribution in [0.2, 0.25) is 0 Å². The fourth-order valence-electron chi connectivity index (χ4n) is 3.26. The predicted octanol–water partition coefficient (Wildman–Crippen LogP) is 2.06. The molecule has 0 aromatic carbocycles. The average Bonchev–Trinajstić information content (AvgIpc) is 2.83. The van der Waals surface area contributed by atoms with E-state index in [-0.39, 0.29) is 5.92 Å². The SMILES string of the molecule is CC(C)NC(=NCC1CCS(=O)(=O)C1)N(C)CC1CC=CCC1. The van der Waals surface area contributed by atoms with Gasteiger partial charge in [-0.1, -0.05) is 12.2 Å². The molecular weight excluding hydrogens is 310 g/mol. The van der Waals surface area contributed by atoms with Crippen LogP contribution >= 0.6 is 0 Å². The van der Waals surface area contributed by atoms with Gasteiger partial charge in [0.05, 0.1) is 11.5 Å². The highest BCUT2D eigenvalue weighted by atomic mass is 32.2. The first-order chi connectivity index (χ1) is 10.9. The van der Waals surface area contributed by atoms with Crippen LogP contribution in [0, 0.1) is 11.8 Å². The number of aliphatic imine (C=N–C) groups is 1. The maximum Gasteiger partial charge on any atom is 0.193 e. The largest absolute Gasteiger partial charge is 0.354 e. The van der Waals surface area contributed by atoms with Crippen molar-refractivity contribution in [3.05, 3.63) is 12.2 Å². The van der Waals surface area contributed by atoms with Crippen molar-refractivity contribution >= 4 is 15.8 Å². The number of hydrogen-bond acceptors (Lipinski definition) is 3. The third-order valence-corrected chi connectivity index (χ3v) is 6.35. The Morgan fingerprint density at radius 3 is 2.65 bits per heavy atom. The molecule has 2 aliphatic rings. The second-order valence-corrected chi connectivity index (χ2v) is 9.49. The normalized spacial score (nSPS) is 27.4. The Bertz CT molecular complexity index is 540. The van der Waals surface area contributed by atoms with E-state index in [1.54, 1.807) is 0 Å². The van der Waals surface area contributed by atoms with Crippen molar-refractivity contribution in [3.63, 3.8) is 0 Å². The number of guanidine groups is 1. The van der Waals surface area contributed by atoms with Crippen LogP contribution in [-0.4, -0.2) is 57.0 Å². The zero-order chi connectivity index (χ0) is 16.9. The van der Waals surface area contributed by atoms with Crippen molar-refractivity contribution in [2.24, 2.45) is 16.8 Å². The molecule has 0 radical (unpaired) electrons. The first-order valence-corrected chi connectivity index (χ1v) is 10.6. The van der Waals surface area contributed by atoms with Crippen molar-refractivity contribution in [2.45, 2.75) is 45.6 Å². The summed E-state index contributed by atoms with van der Waals surface area (Å²) in [7, 11) is -0.739. The van der Waals surface area contributed by atoms with Gasteiger partial charge in [0.1, 0.15) is 0 Å². The molecular formula is C17H31N3O2S. The minimum Gasteiger partial charge on any atom is -0.354 e. The molecule has 2 rings (SSSR count). The standard InChI is InChI=1S/C17H31N3O2S/c1-14(2)19-17(18-11-16-9-10-23(21,22)13-16)20(3)12-15-7-5-4-6-8-15/h4-5,14-16H,6-13H2,1-3H3,(H,18,19). The molecule has 2 unspecified atom stereocenters. The van der Waals surface area contributed by atoms with E-state index in [9.17, 15) is 8.42 Å². The molecule has 1 aliphatic carbocycles. The van der Waals surface area contributed by atoms with Gasteiger partial charge < -0.3 is 10.2 Å². The highest BCUT2D eigenvalue weighted by Crippen LogP contribution is 2.20. The maximum absolute atomic E-state index is 11.6. The van der Waals surface area contributed by atoms with Crippen LogP contribution in [-0.2, 0) is 9.84 Å². The van der Waals surface area contributed by atoms with Gasteiger partial charge in [0.2, 0.25) is 0 Å². The highest BCUT2D eigenvalue weighted by molar-refractivity contribution is 7.91. The topological polar surface area (TPSA) is 61.8 Å². The van der Waals surface area contributed by atoms with E-state index in [2.05, 4.69) is 43.3 Å². The molecule has 132 valence electrons. The van der Waals surface area contributed by atoms with Crippen molar-refractivity contribution in [2.75, 3.05) is 31.6 Å². The Morgan fingerprint density at radius 1 is 1.30 bits per heavy atom. The van der Waals surface area contributed by atoms with Crippen molar-refractivity contribution in [3.8, 4) is 0 Å². The van der Waals surface area contributed by atoms with Crippen molar-refractivity contribution in [1.29, 1.82) is 0 Å². The highest BCUT2D eigenvalue weighted by Gasteiger charge is 2.27. The van der Waals surface area contributed by atoms with Crippen LogP contribution in [0.25, 0.3) is 0 Å². The van der Waals surface area contributed by atoms with Crippen molar-refractivity contribution in [1.82, 2.24) is 10.2 Å². The minimum absolute atomic E-state index is 0.176. The lowest BCUT2D eigenvalue weighted by Crippen LogP contribution is -2.44. The summed E-state index contributed by atoms with van der Waals surface area (Å²) < 4.78 is 23.2. The molecule has 23 heavy (non-hydrogen) atoms. The van der Waals surface area contributed by atoms with Crippen LogP contribution in [0.4, 0.5) is 0 Å². The van der Waals surface area contributed by atoms with Gasteiger partial charge in [-0.3, -0.25) is 4.99 Å². The third kappa shape index (κ3) is 6.16. The molecule has 0 amide bonds. The average molecular weight is 342 g/mol. The molecule has 1 saturated heterocycles. The molecule has 0 aromatic heterocycles. The Morgan fingerprint density at radius 2 is 2.09 bits per heavy atom. The summed E-state index contributed by atoms with van der Waals surface area (Å²) in [6.45, 7) is 5.80. The quantitative estimate of drug-likeness (QED) is 0.472. The Balaban J connectivity index is 1.94. The Kier molecular flexibility index (Phi) is 6.50. The molecule has 1 fully saturated rings. The number of hydrogen-bond donors (Lipinski definition) is 1. The predicted molar refractivity (Wildman–Crippen MR) is 96.4 cm³/mol. The summed E-state index contributed by atoms with van der Waals surface area (Å²) in [5.41, 5.74) is 0. The molecule has 1 N–H and O–H groups in total. The smallest absolute Gasteiger partial charge is 0.193 e. The van der Waals surface area contributed by atoms with Crippen LogP contribution in [0.5, 0.6) is 0 Å². The lowest BCUT2D eigenvalue weighted by atomic mass is 9.94. The van der Waals surface area contributed by atoms with Crippen LogP contribution in [0.15, 0.2) is 17.1 Å². The molecule has 0 aromatic rings. The van der Waals surface area contributed by atoms with Gasteiger partial charge in [0.15, 0.2) is 15.8 Å². The molecule has 1 aliphatic heterocycles. The number of sulfone groups is 1. The van der Waals surface area contributed by atoms with Gasteiger partial charge in [-0.2, -0.15) is 0 Å². The van der Waals surface area contributed by atoms with Gasteiger partial charge >= 0.3 is 0 Å². The Hall–Kier alpha value is -1.04. The van der Waals surface area contributed by atoms with Crippen LogP contribution < -0.4 is 5.32 Å². The number of rotatable bonds is 5. The fourth-order valence-corrected chi connectivity index (χ4v) is 5.11. The molecule has 0 saturated carbocycles. The van der Waals surface area contributed by atoms with Crippen LogP contribution in [0.3, 0.4) is 0 Å². The first kappa shape index (κ1) is 18.3. The van der Waals surface area contributed by atoms with Gasteiger partial charge in [-0.25, -0.2) is 8.42 Å². The first-order valence-electron chi connectivity index (χ1n) is 8.73. The molecule has 6 heteroatoms. The summed E-state index contributed by atoms with van der Waals surface area (Å²) in [6.07, 6.45) is 8.83. The van der Waals surface area contributed by atoms with Gasteiger partial charge in [0.25, 0.3) is 0 Å². The van der Waals surface area contributed by atoms with E-state index >= 15 is 0 Å². The maximum atomic E-state index is 11.6. The molecule has 0 spiro atoms. The zero-order valence-electron chi connectivity index (χ0n) is 14.7. The summed E-state index contributed by atoms with van der Waals surface area (Å²) in [4.78, 5) is 6.93. The second-order valence-electron chi connectivity index (χ2n) is 7.26. The lowest BCUT2D eigenvalue weighted by molar-refractivity contribution is 0.349. The van der Waals surface area contributed by atoms with E-state index in [0.29, 0.717) is 30.0 Å². The van der Waals surface area contributed by atoms with E-state index in [0.717, 1.165) is 25.3 Å². The molecule has 2 atom stereocenters. The number of nitrogens with one attached hydrogen (secondary N) is 1. The lowest BCUT2D eigenvalue weighted by Gasteiger charge is -2.29. The van der Waals surface area contributed by atoms with Gasteiger partial charge in [-0.15, -0.1) is 0 Å². The van der Waals surface area contributed by atoms with Gasteiger partial charge in [-0.05, 0) is 51.4 Å². The monoisotopic (exact) mass is 341 g/mol. The molecule has 0 bridgehead atoms. The van der Waals surface area contributed by atoms with Gasteiger partial charge in [0, 0.05) is 26.2 Å². The van der Waals surface area contributed by atoms with E-state index in [1.807, 2.05) is 0 Å². The summed E-state index contributed by atoms with van der Waals surface area (Å²) in [6, 6.07) is 0.315. The minimum atomic E-state index is -2.82. The zero-order valence-corrected chi connectivity index (χ0v) is 15.5. The summed E-state index contributed by atoms with van der Waals surface area (Å²) >= 11 is 0. The van der Waals surface area contributed by atoms with Crippen molar-refractivity contribution < 1.29 is 8.42 Å². The third-order valence-electron chi connectivity index (χ3n) is 4.52. The summed E-state index contributed by atoms with van der Waals surface area (Å²) in [5.74, 6) is 2.37.